The molecule has 1 rings (SSSR count). The first-order chi connectivity index (χ1) is 6.49. The van der Waals surface area contributed by atoms with E-state index >= 15 is 0 Å². The van der Waals surface area contributed by atoms with Crippen LogP contribution < -0.4 is 4.74 Å². The summed E-state index contributed by atoms with van der Waals surface area (Å²) in [5.74, 6) is 0.764. The third-order valence-electron chi connectivity index (χ3n) is 2.32. The number of methoxy groups -OCH3 is 1. The van der Waals surface area contributed by atoms with Crippen LogP contribution >= 0.6 is 0 Å². The fraction of sp³-hybridized carbons (Fsp3) is 0.500. The lowest BCUT2D eigenvalue weighted by Gasteiger charge is -2.20. The summed E-state index contributed by atoms with van der Waals surface area (Å²) in [5, 5.41) is 9.06. The van der Waals surface area contributed by atoms with Crippen molar-refractivity contribution in [1.29, 1.82) is 0 Å². The highest BCUT2D eigenvalue weighted by atomic mass is 16.5. The number of hydrogen-bond acceptors (Lipinski definition) is 2. The largest absolute Gasteiger partial charge is 0.496 e. The van der Waals surface area contributed by atoms with Gasteiger partial charge in [-0.25, -0.2) is 0 Å². The minimum Gasteiger partial charge on any atom is -0.496 e. The van der Waals surface area contributed by atoms with Crippen LogP contribution in [-0.2, 0) is 12.0 Å². The van der Waals surface area contributed by atoms with Crippen molar-refractivity contribution in [3.05, 3.63) is 29.3 Å². The number of rotatable bonds is 2. The van der Waals surface area contributed by atoms with Crippen LogP contribution in [0.1, 0.15) is 31.9 Å². The molecule has 0 spiro atoms. The zero-order valence-electron chi connectivity index (χ0n) is 9.29. The predicted molar refractivity (Wildman–Crippen MR) is 57.6 cm³/mol. The molecule has 2 nitrogen and oxygen atoms in total. The van der Waals surface area contributed by atoms with Gasteiger partial charge in [-0.1, -0.05) is 32.9 Å². The molecule has 0 aliphatic carbocycles. The van der Waals surface area contributed by atoms with Gasteiger partial charge in [0.2, 0.25) is 0 Å². The highest BCUT2D eigenvalue weighted by Gasteiger charge is 2.15. The van der Waals surface area contributed by atoms with Gasteiger partial charge >= 0.3 is 0 Å². The van der Waals surface area contributed by atoms with Gasteiger partial charge in [-0.3, -0.25) is 0 Å². The number of hydrogen-bond donors (Lipinski definition) is 1. The summed E-state index contributed by atoms with van der Waals surface area (Å²) in [6, 6.07) is 5.94. The molecular weight excluding hydrogens is 176 g/mol. The molecule has 0 fully saturated rings. The van der Waals surface area contributed by atoms with E-state index in [2.05, 4.69) is 20.8 Å². The summed E-state index contributed by atoms with van der Waals surface area (Å²) < 4.78 is 5.21. The average molecular weight is 194 g/mol. The first-order valence-electron chi connectivity index (χ1n) is 4.77. The molecule has 0 bridgehead atoms. The molecule has 0 amide bonds. The van der Waals surface area contributed by atoms with E-state index in [1.54, 1.807) is 7.11 Å². The Morgan fingerprint density at radius 3 is 2.36 bits per heavy atom. The van der Waals surface area contributed by atoms with Gasteiger partial charge in [-0.2, -0.15) is 0 Å². The fourth-order valence-electron chi connectivity index (χ4n) is 1.34. The van der Waals surface area contributed by atoms with Crippen molar-refractivity contribution in [3.8, 4) is 5.75 Å². The van der Waals surface area contributed by atoms with Crippen LogP contribution in [0.3, 0.4) is 0 Å². The van der Waals surface area contributed by atoms with E-state index < -0.39 is 0 Å². The Morgan fingerprint density at radius 2 is 1.93 bits per heavy atom. The van der Waals surface area contributed by atoms with Gasteiger partial charge in [0, 0.05) is 5.56 Å². The van der Waals surface area contributed by atoms with Crippen LogP contribution in [0.15, 0.2) is 18.2 Å². The second kappa shape index (κ2) is 4.01. The Labute approximate surface area is 85.5 Å². The Bertz CT molecular complexity index is 311. The number of aliphatic hydroxyl groups excluding tert-OH is 1. The molecular formula is C12H18O2. The Morgan fingerprint density at radius 1 is 1.29 bits per heavy atom. The van der Waals surface area contributed by atoms with E-state index in [9.17, 15) is 0 Å². The van der Waals surface area contributed by atoms with E-state index in [-0.39, 0.29) is 12.0 Å². The van der Waals surface area contributed by atoms with E-state index in [1.807, 2.05) is 18.2 Å². The summed E-state index contributed by atoms with van der Waals surface area (Å²) >= 11 is 0. The average Bonchev–Trinajstić information content (AvgIpc) is 2.15. The number of aliphatic hydroxyl groups is 1. The molecule has 78 valence electrons. The van der Waals surface area contributed by atoms with Gasteiger partial charge < -0.3 is 9.84 Å². The molecule has 1 aromatic carbocycles. The smallest absolute Gasteiger partial charge is 0.124 e. The van der Waals surface area contributed by atoms with E-state index in [0.717, 1.165) is 11.3 Å². The summed E-state index contributed by atoms with van der Waals surface area (Å²) in [6.07, 6.45) is 0. The lowest BCUT2D eigenvalue weighted by Crippen LogP contribution is -2.11. The van der Waals surface area contributed by atoms with E-state index in [0.29, 0.717) is 0 Å². The fourth-order valence-corrected chi connectivity index (χ4v) is 1.34. The molecule has 0 aromatic heterocycles. The van der Waals surface area contributed by atoms with Crippen LogP contribution in [-0.4, -0.2) is 12.2 Å². The van der Waals surface area contributed by atoms with Crippen LogP contribution in [0.4, 0.5) is 0 Å². The highest BCUT2D eigenvalue weighted by Crippen LogP contribution is 2.28. The molecule has 0 saturated carbocycles. The first-order valence-corrected chi connectivity index (χ1v) is 4.77. The summed E-state index contributed by atoms with van der Waals surface area (Å²) in [4.78, 5) is 0. The van der Waals surface area contributed by atoms with Gasteiger partial charge in [0.05, 0.1) is 13.7 Å². The predicted octanol–water partition coefficient (Wildman–Crippen LogP) is 2.49. The monoisotopic (exact) mass is 194 g/mol. The number of ether oxygens (including phenoxy) is 1. The molecule has 1 N–H and O–H groups in total. The Hall–Kier alpha value is -1.02. The van der Waals surface area contributed by atoms with Gasteiger partial charge in [-0.05, 0) is 17.0 Å². The van der Waals surface area contributed by atoms with Crippen LogP contribution in [0.5, 0.6) is 5.75 Å². The highest BCUT2D eigenvalue weighted by molar-refractivity contribution is 5.39. The van der Waals surface area contributed by atoms with Crippen molar-refractivity contribution in [2.24, 2.45) is 0 Å². The van der Waals surface area contributed by atoms with Crippen LogP contribution in [0.2, 0.25) is 0 Å². The van der Waals surface area contributed by atoms with Crippen molar-refractivity contribution in [3.63, 3.8) is 0 Å². The maximum Gasteiger partial charge on any atom is 0.124 e. The summed E-state index contributed by atoms with van der Waals surface area (Å²) in [7, 11) is 1.63. The van der Waals surface area contributed by atoms with Gasteiger partial charge in [0.1, 0.15) is 5.75 Å². The first kappa shape index (κ1) is 11.1. The molecule has 0 unspecified atom stereocenters. The molecule has 0 aliphatic rings. The molecule has 0 saturated heterocycles. The molecule has 0 aliphatic heterocycles. The van der Waals surface area contributed by atoms with Crippen LogP contribution in [0, 0.1) is 0 Å². The number of benzene rings is 1. The summed E-state index contributed by atoms with van der Waals surface area (Å²) in [6.45, 7) is 6.48. The SMILES string of the molecule is COc1cc(C(C)(C)C)ccc1CO. The van der Waals surface area contributed by atoms with Crippen molar-refractivity contribution in [2.75, 3.05) is 7.11 Å². The van der Waals surface area contributed by atoms with E-state index in [1.165, 1.54) is 5.56 Å². The van der Waals surface area contributed by atoms with Gasteiger partial charge in [0.25, 0.3) is 0 Å². The Balaban J connectivity index is 3.14. The lowest BCUT2D eigenvalue weighted by atomic mass is 9.86. The van der Waals surface area contributed by atoms with Crippen molar-refractivity contribution >= 4 is 0 Å². The zero-order chi connectivity index (χ0) is 10.8. The van der Waals surface area contributed by atoms with Crippen molar-refractivity contribution < 1.29 is 9.84 Å². The minimum atomic E-state index is 0.0214. The van der Waals surface area contributed by atoms with Crippen LogP contribution in [0.25, 0.3) is 0 Å². The van der Waals surface area contributed by atoms with E-state index in [4.69, 9.17) is 9.84 Å². The summed E-state index contributed by atoms with van der Waals surface area (Å²) in [5.41, 5.74) is 2.16. The minimum absolute atomic E-state index is 0.0214. The second-order valence-electron chi connectivity index (χ2n) is 4.43. The van der Waals surface area contributed by atoms with Gasteiger partial charge in [0.15, 0.2) is 0 Å². The zero-order valence-corrected chi connectivity index (χ0v) is 9.29. The topological polar surface area (TPSA) is 29.5 Å². The third-order valence-corrected chi connectivity index (χ3v) is 2.32. The third kappa shape index (κ3) is 2.26. The molecule has 1 aromatic rings. The Kier molecular flexibility index (Phi) is 3.17. The standard InChI is InChI=1S/C12H18O2/c1-12(2,3)10-6-5-9(8-13)11(7-10)14-4/h5-7,13H,8H2,1-4H3. The normalized spacial score (nSPS) is 11.5. The molecule has 0 radical (unpaired) electrons. The second-order valence-corrected chi connectivity index (χ2v) is 4.43. The molecule has 2 heteroatoms. The maximum absolute atomic E-state index is 9.06. The molecule has 0 heterocycles. The maximum atomic E-state index is 9.06. The molecule has 0 atom stereocenters. The quantitative estimate of drug-likeness (QED) is 0.783. The lowest BCUT2D eigenvalue weighted by molar-refractivity contribution is 0.273. The van der Waals surface area contributed by atoms with Crippen molar-refractivity contribution in [1.82, 2.24) is 0 Å². The molecule has 14 heavy (non-hydrogen) atoms. The van der Waals surface area contributed by atoms with Gasteiger partial charge in [-0.15, -0.1) is 0 Å². The van der Waals surface area contributed by atoms with Crippen molar-refractivity contribution in [2.45, 2.75) is 32.8 Å².